The van der Waals surface area contributed by atoms with E-state index in [0.29, 0.717) is 6.42 Å². The van der Waals surface area contributed by atoms with Gasteiger partial charge in [-0.05, 0) is 13.8 Å². The molecule has 1 aliphatic heterocycles. The van der Waals surface area contributed by atoms with Crippen LogP contribution < -0.4 is 0 Å². The van der Waals surface area contributed by atoms with E-state index in [9.17, 15) is 5.11 Å². The standard InChI is InChI=1S/C9H16O3/c1-6(10)5-9-8(11)4-3-7(2)12-9/h3-4,6-11H,5H2,1-2H3. The molecular weight excluding hydrogens is 156 g/mol. The van der Waals surface area contributed by atoms with Crippen LogP contribution in [-0.4, -0.2) is 34.6 Å². The fourth-order valence-electron chi connectivity index (χ4n) is 1.33. The Morgan fingerprint density at radius 2 is 2.17 bits per heavy atom. The number of aliphatic hydroxyl groups is 2. The molecule has 0 aliphatic carbocycles. The largest absolute Gasteiger partial charge is 0.393 e. The highest BCUT2D eigenvalue weighted by Gasteiger charge is 2.24. The van der Waals surface area contributed by atoms with Crippen LogP contribution in [-0.2, 0) is 4.74 Å². The van der Waals surface area contributed by atoms with Crippen LogP contribution in [0.4, 0.5) is 0 Å². The van der Waals surface area contributed by atoms with Crippen LogP contribution in [0.25, 0.3) is 0 Å². The number of ether oxygens (including phenoxy) is 1. The van der Waals surface area contributed by atoms with Gasteiger partial charge in [0, 0.05) is 6.42 Å². The quantitative estimate of drug-likeness (QED) is 0.595. The molecule has 0 radical (unpaired) electrons. The van der Waals surface area contributed by atoms with Crippen molar-refractivity contribution in [1.29, 1.82) is 0 Å². The van der Waals surface area contributed by atoms with Crippen LogP contribution in [0.5, 0.6) is 0 Å². The highest BCUT2D eigenvalue weighted by Crippen LogP contribution is 2.16. The summed E-state index contributed by atoms with van der Waals surface area (Å²) in [6.45, 7) is 3.61. The molecule has 3 nitrogen and oxygen atoms in total. The normalized spacial score (nSPS) is 38.2. The molecule has 0 aromatic carbocycles. The molecule has 2 N–H and O–H groups in total. The number of aliphatic hydroxyl groups excluding tert-OH is 2. The third-order valence-electron chi connectivity index (χ3n) is 1.92. The molecule has 1 rings (SSSR count). The smallest absolute Gasteiger partial charge is 0.0984 e. The molecule has 0 saturated heterocycles. The molecule has 0 saturated carbocycles. The fraction of sp³-hybridized carbons (Fsp3) is 0.778. The van der Waals surface area contributed by atoms with E-state index in [4.69, 9.17) is 9.84 Å². The van der Waals surface area contributed by atoms with E-state index in [-0.39, 0.29) is 12.2 Å². The zero-order valence-corrected chi connectivity index (χ0v) is 7.47. The Balaban J connectivity index is 2.48. The second-order valence-corrected chi connectivity index (χ2v) is 3.34. The zero-order chi connectivity index (χ0) is 9.14. The number of hydrogen-bond donors (Lipinski definition) is 2. The van der Waals surface area contributed by atoms with Crippen molar-refractivity contribution >= 4 is 0 Å². The monoisotopic (exact) mass is 172 g/mol. The van der Waals surface area contributed by atoms with Gasteiger partial charge in [0.15, 0.2) is 0 Å². The Morgan fingerprint density at radius 3 is 2.75 bits per heavy atom. The van der Waals surface area contributed by atoms with E-state index in [2.05, 4.69) is 0 Å². The number of rotatable bonds is 2. The summed E-state index contributed by atoms with van der Waals surface area (Å²) < 4.78 is 5.41. The van der Waals surface area contributed by atoms with Gasteiger partial charge >= 0.3 is 0 Å². The third kappa shape index (κ3) is 2.59. The third-order valence-corrected chi connectivity index (χ3v) is 1.92. The average Bonchev–Trinajstić information content (AvgIpc) is 1.96. The van der Waals surface area contributed by atoms with Gasteiger partial charge in [0.1, 0.15) is 0 Å². The highest BCUT2D eigenvalue weighted by atomic mass is 16.5. The first-order valence-electron chi connectivity index (χ1n) is 4.29. The van der Waals surface area contributed by atoms with Gasteiger partial charge in [0.2, 0.25) is 0 Å². The summed E-state index contributed by atoms with van der Waals surface area (Å²) in [6.07, 6.45) is 2.81. The van der Waals surface area contributed by atoms with Crippen molar-refractivity contribution in [2.75, 3.05) is 0 Å². The van der Waals surface area contributed by atoms with Gasteiger partial charge < -0.3 is 14.9 Å². The van der Waals surface area contributed by atoms with Gasteiger partial charge in [-0.1, -0.05) is 12.2 Å². The van der Waals surface area contributed by atoms with Crippen molar-refractivity contribution in [3.63, 3.8) is 0 Å². The Hall–Kier alpha value is -0.380. The second kappa shape index (κ2) is 4.03. The molecule has 1 aliphatic rings. The van der Waals surface area contributed by atoms with E-state index in [0.717, 1.165) is 0 Å². The molecule has 4 atom stereocenters. The first kappa shape index (κ1) is 9.71. The lowest BCUT2D eigenvalue weighted by atomic mass is 10.0. The van der Waals surface area contributed by atoms with Crippen LogP contribution in [0.3, 0.4) is 0 Å². The summed E-state index contributed by atoms with van der Waals surface area (Å²) >= 11 is 0. The lowest BCUT2D eigenvalue weighted by Crippen LogP contribution is -2.36. The second-order valence-electron chi connectivity index (χ2n) is 3.34. The van der Waals surface area contributed by atoms with Crippen LogP contribution in [0.1, 0.15) is 20.3 Å². The summed E-state index contributed by atoms with van der Waals surface area (Å²) in [6, 6.07) is 0. The van der Waals surface area contributed by atoms with Crippen molar-refractivity contribution in [3.8, 4) is 0 Å². The van der Waals surface area contributed by atoms with Crippen molar-refractivity contribution < 1.29 is 14.9 Å². The molecule has 12 heavy (non-hydrogen) atoms. The van der Waals surface area contributed by atoms with Crippen molar-refractivity contribution in [3.05, 3.63) is 12.2 Å². The van der Waals surface area contributed by atoms with Gasteiger partial charge in [-0.3, -0.25) is 0 Å². The van der Waals surface area contributed by atoms with Gasteiger partial charge in [0.25, 0.3) is 0 Å². The molecule has 0 fully saturated rings. The molecule has 0 amide bonds. The first-order valence-corrected chi connectivity index (χ1v) is 4.29. The summed E-state index contributed by atoms with van der Waals surface area (Å²) in [7, 11) is 0. The Labute approximate surface area is 72.7 Å². The molecule has 0 aromatic heterocycles. The Morgan fingerprint density at radius 1 is 1.50 bits per heavy atom. The summed E-state index contributed by atoms with van der Waals surface area (Å²) in [5, 5.41) is 18.5. The number of hydrogen-bond acceptors (Lipinski definition) is 3. The van der Waals surface area contributed by atoms with Crippen molar-refractivity contribution in [2.24, 2.45) is 0 Å². The van der Waals surface area contributed by atoms with Crippen molar-refractivity contribution in [2.45, 2.75) is 44.7 Å². The summed E-state index contributed by atoms with van der Waals surface area (Å²) in [5.74, 6) is 0. The van der Waals surface area contributed by atoms with Crippen LogP contribution in [0.2, 0.25) is 0 Å². The first-order chi connectivity index (χ1) is 5.59. The van der Waals surface area contributed by atoms with E-state index < -0.39 is 12.2 Å². The topological polar surface area (TPSA) is 49.7 Å². The van der Waals surface area contributed by atoms with Gasteiger partial charge in [-0.25, -0.2) is 0 Å². The fourth-order valence-corrected chi connectivity index (χ4v) is 1.33. The highest BCUT2D eigenvalue weighted by molar-refractivity contribution is 5.01. The van der Waals surface area contributed by atoms with Gasteiger partial charge in [-0.2, -0.15) is 0 Å². The molecule has 70 valence electrons. The van der Waals surface area contributed by atoms with E-state index in [1.807, 2.05) is 13.0 Å². The molecule has 0 spiro atoms. The molecule has 1 heterocycles. The lowest BCUT2D eigenvalue weighted by Gasteiger charge is -2.28. The van der Waals surface area contributed by atoms with E-state index in [1.54, 1.807) is 13.0 Å². The SMILES string of the molecule is CC(O)CC1OC(C)C=CC1O. The predicted octanol–water partition coefficient (Wildman–Crippen LogP) is 0.462. The van der Waals surface area contributed by atoms with Gasteiger partial charge in [0.05, 0.1) is 24.4 Å². The summed E-state index contributed by atoms with van der Waals surface area (Å²) in [4.78, 5) is 0. The molecule has 0 aromatic rings. The molecule has 0 bridgehead atoms. The predicted molar refractivity (Wildman–Crippen MR) is 45.8 cm³/mol. The minimum atomic E-state index is -0.573. The maximum atomic E-state index is 9.41. The van der Waals surface area contributed by atoms with E-state index in [1.165, 1.54) is 0 Å². The molecule has 3 heteroatoms. The van der Waals surface area contributed by atoms with Crippen LogP contribution in [0, 0.1) is 0 Å². The van der Waals surface area contributed by atoms with Crippen LogP contribution in [0.15, 0.2) is 12.2 Å². The maximum Gasteiger partial charge on any atom is 0.0984 e. The molecule has 4 unspecified atom stereocenters. The Kier molecular flexibility index (Phi) is 3.26. The van der Waals surface area contributed by atoms with Crippen LogP contribution >= 0.6 is 0 Å². The van der Waals surface area contributed by atoms with Crippen molar-refractivity contribution in [1.82, 2.24) is 0 Å². The Bertz CT molecular complexity index is 165. The minimum Gasteiger partial charge on any atom is -0.393 e. The maximum absolute atomic E-state index is 9.41. The molecular formula is C9H16O3. The van der Waals surface area contributed by atoms with E-state index >= 15 is 0 Å². The zero-order valence-electron chi connectivity index (χ0n) is 7.47. The lowest BCUT2D eigenvalue weighted by molar-refractivity contribution is -0.0682. The summed E-state index contributed by atoms with van der Waals surface area (Å²) in [5.41, 5.74) is 0. The minimum absolute atomic E-state index is 0.0390. The average molecular weight is 172 g/mol. The van der Waals surface area contributed by atoms with Gasteiger partial charge in [-0.15, -0.1) is 0 Å².